The molecule has 0 aliphatic heterocycles. The zero-order chi connectivity index (χ0) is 8.53. The second-order valence-electron chi connectivity index (χ2n) is 2.87. The monoisotopic (exact) mass is 163 g/mol. The van der Waals surface area contributed by atoms with Crippen molar-refractivity contribution in [2.75, 3.05) is 19.6 Å². The van der Waals surface area contributed by atoms with Gasteiger partial charge in [-0.25, -0.2) is 0 Å². The summed E-state index contributed by atoms with van der Waals surface area (Å²) in [5.41, 5.74) is 0. The summed E-state index contributed by atoms with van der Waals surface area (Å²) in [6, 6.07) is 0. The number of hydrogen-bond acceptors (Lipinski definition) is 1. The van der Waals surface area contributed by atoms with E-state index in [0.717, 1.165) is 6.54 Å². The molecule has 0 atom stereocenters. The number of hydrogen-bond donors (Lipinski definition) is 0. The summed E-state index contributed by atoms with van der Waals surface area (Å²) in [6.07, 6.45) is 6.87. The van der Waals surface area contributed by atoms with Crippen LogP contribution < -0.4 is 18.9 Å². The summed E-state index contributed by atoms with van der Waals surface area (Å²) in [5.74, 6) is 0. The van der Waals surface area contributed by atoms with E-state index in [4.69, 9.17) is 0 Å². The van der Waals surface area contributed by atoms with Gasteiger partial charge >= 0.3 is 18.9 Å². The quantitative estimate of drug-likeness (QED) is 0.387. The minimum Gasteiger partial charge on any atom is -1.00 e. The minimum atomic E-state index is 0. The first-order valence-corrected chi connectivity index (χ1v) is 4.68. The molecule has 0 rings (SSSR count). The third-order valence-electron chi connectivity index (χ3n) is 1.68. The average molecular weight is 163 g/mol. The van der Waals surface area contributed by atoms with E-state index in [9.17, 15) is 0 Å². The van der Waals surface area contributed by atoms with Crippen LogP contribution in [0.2, 0.25) is 0 Å². The van der Waals surface area contributed by atoms with Gasteiger partial charge in [0, 0.05) is 6.54 Å². The maximum Gasteiger partial charge on any atom is 1.00 e. The van der Waals surface area contributed by atoms with Gasteiger partial charge in [0.25, 0.3) is 0 Å². The molecule has 0 aliphatic carbocycles. The summed E-state index contributed by atoms with van der Waals surface area (Å²) in [5, 5.41) is 0. The Bertz CT molecular complexity index is 101. The molecule has 0 amide bonds. The fraction of sp³-hybridized carbons (Fsp3) is 0.800. The third kappa shape index (κ3) is 8.39. The molecule has 1 nitrogen and oxygen atoms in total. The third-order valence-corrected chi connectivity index (χ3v) is 1.68. The van der Waals surface area contributed by atoms with Gasteiger partial charge < -0.3 is 1.43 Å². The van der Waals surface area contributed by atoms with E-state index < -0.39 is 0 Å². The minimum absolute atomic E-state index is 0. The Hall–Kier alpha value is 0.297. The molecule has 0 spiro atoms. The maximum atomic E-state index is 2.49. The van der Waals surface area contributed by atoms with Crippen molar-refractivity contribution in [3.63, 3.8) is 0 Å². The molecule has 0 aromatic rings. The molecule has 0 aromatic heterocycles. The number of rotatable bonds is 6. The summed E-state index contributed by atoms with van der Waals surface area (Å²) in [6.45, 7) is 10.1. The Morgan fingerprint density at radius 3 is 2.00 bits per heavy atom. The van der Waals surface area contributed by atoms with Crippen molar-refractivity contribution in [1.82, 2.24) is 4.90 Å². The average Bonchev–Trinajstić information content (AvgIpc) is 2.01. The van der Waals surface area contributed by atoms with E-state index >= 15 is 0 Å². The topological polar surface area (TPSA) is 3.24 Å². The number of nitrogens with zero attached hydrogens (tertiary/aromatic N) is 1. The van der Waals surface area contributed by atoms with Crippen LogP contribution in [0.15, 0.2) is 12.2 Å². The van der Waals surface area contributed by atoms with Crippen molar-refractivity contribution in [1.29, 1.82) is 0 Å². The standard InChI is InChI=1S/C10H21N.Li.H/c1-4-7-10-11(8-5-2)9-6-3;;/h4,7H,5-6,8-10H2,1-3H3;;/q;+1;-1. The van der Waals surface area contributed by atoms with Gasteiger partial charge in [-0.15, -0.1) is 0 Å². The van der Waals surface area contributed by atoms with Gasteiger partial charge in [0.05, 0.1) is 0 Å². The van der Waals surface area contributed by atoms with Gasteiger partial charge in [0.1, 0.15) is 0 Å². The van der Waals surface area contributed by atoms with Crippen LogP contribution in [0.4, 0.5) is 0 Å². The Morgan fingerprint density at radius 2 is 1.67 bits per heavy atom. The fourth-order valence-corrected chi connectivity index (χ4v) is 1.18. The van der Waals surface area contributed by atoms with Gasteiger partial charge in [-0.05, 0) is 32.9 Å². The van der Waals surface area contributed by atoms with E-state index in [1.54, 1.807) is 0 Å². The summed E-state index contributed by atoms with van der Waals surface area (Å²) in [4.78, 5) is 2.49. The maximum absolute atomic E-state index is 2.49. The predicted octanol–water partition coefficient (Wildman–Crippen LogP) is -0.199. The molecule has 0 saturated carbocycles. The van der Waals surface area contributed by atoms with E-state index in [0.29, 0.717) is 0 Å². The van der Waals surface area contributed by atoms with Crippen LogP contribution in [0, 0.1) is 0 Å². The molecule has 0 unspecified atom stereocenters. The Labute approximate surface area is 90.9 Å². The van der Waals surface area contributed by atoms with Gasteiger partial charge in [-0.3, -0.25) is 4.90 Å². The Morgan fingerprint density at radius 1 is 1.17 bits per heavy atom. The van der Waals surface area contributed by atoms with E-state index in [1.807, 2.05) is 0 Å². The smallest absolute Gasteiger partial charge is 1.00 e. The van der Waals surface area contributed by atoms with Gasteiger partial charge in [0.2, 0.25) is 0 Å². The Kier molecular flexibility index (Phi) is 13.9. The first kappa shape index (κ1) is 14.8. The van der Waals surface area contributed by atoms with Crippen molar-refractivity contribution in [2.45, 2.75) is 33.6 Å². The molecular weight excluding hydrogens is 141 g/mol. The largest absolute Gasteiger partial charge is 1.00 e. The van der Waals surface area contributed by atoms with Crippen LogP contribution in [0.5, 0.6) is 0 Å². The van der Waals surface area contributed by atoms with E-state index in [2.05, 4.69) is 37.8 Å². The molecule has 0 aromatic carbocycles. The summed E-state index contributed by atoms with van der Waals surface area (Å²) in [7, 11) is 0. The van der Waals surface area contributed by atoms with Crippen LogP contribution in [0.25, 0.3) is 0 Å². The van der Waals surface area contributed by atoms with Crippen LogP contribution >= 0.6 is 0 Å². The zero-order valence-electron chi connectivity index (χ0n) is 10.1. The van der Waals surface area contributed by atoms with Crippen molar-refractivity contribution >= 4 is 0 Å². The second kappa shape index (κ2) is 11.3. The first-order valence-electron chi connectivity index (χ1n) is 4.68. The molecule has 68 valence electrons. The molecular formula is C10H22LiN. The Balaban J connectivity index is -0.000000500. The van der Waals surface area contributed by atoms with Gasteiger partial charge in [0.15, 0.2) is 0 Å². The van der Waals surface area contributed by atoms with Crippen molar-refractivity contribution in [3.8, 4) is 0 Å². The van der Waals surface area contributed by atoms with Gasteiger partial charge in [-0.1, -0.05) is 26.0 Å². The second-order valence-corrected chi connectivity index (χ2v) is 2.87. The molecule has 0 N–H and O–H groups in total. The summed E-state index contributed by atoms with van der Waals surface area (Å²) >= 11 is 0. The molecule has 0 saturated heterocycles. The predicted molar refractivity (Wildman–Crippen MR) is 52.9 cm³/mol. The molecule has 0 bridgehead atoms. The number of allylic oxidation sites excluding steroid dienone is 1. The van der Waals surface area contributed by atoms with Crippen LogP contribution in [-0.4, -0.2) is 24.5 Å². The summed E-state index contributed by atoms with van der Waals surface area (Å²) < 4.78 is 0. The SMILES string of the molecule is CC=CCN(CCC)CCC.[H-].[Li+]. The molecule has 0 radical (unpaired) electrons. The van der Waals surface area contributed by atoms with E-state index in [1.165, 1.54) is 25.9 Å². The zero-order valence-corrected chi connectivity index (χ0v) is 9.14. The van der Waals surface area contributed by atoms with Crippen LogP contribution in [0.3, 0.4) is 0 Å². The van der Waals surface area contributed by atoms with Crippen molar-refractivity contribution in [3.05, 3.63) is 12.2 Å². The first-order chi connectivity index (χ1) is 5.35. The fourth-order valence-electron chi connectivity index (χ4n) is 1.18. The molecule has 0 fully saturated rings. The van der Waals surface area contributed by atoms with Crippen molar-refractivity contribution < 1.29 is 20.3 Å². The van der Waals surface area contributed by atoms with Crippen LogP contribution in [-0.2, 0) is 0 Å². The van der Waals surface area contributed by atoms with Gasteiger partial charge in [-0.2, -0.15) is 0 Å². The molecule has 0 heterocycles. The van der Waals surface area contributed by atoms with E-state index in [-0.39, 0.29) is 20.3 Å². The van der Waals surface area contributed by atoms with Crippen LogP contribution in [0.1, 0.15) is 35.0 Å². The molecule has 12 heavy (non-hydrogen) atoms. The normalized spacial score (nSPS) is 10.7. The molecule has 2 heteroatoms. The molecule has 0 aliphatic rings. The van der Waals surface area contributed by atoms with Crippen molar-refractivity contribution in [2.24, 2.45) is 0 Å².